The van der Waals surface area contributed by atoms with Crippen molar-refractivity contribution in [3.8, 4) is 0 Å². The van der Waals surface area contributed by atoms with Crippen molar-refractivity contribution in [1.82, 2.24) is 0 Å². The summed E-state index contributed by atoms with van der Waals surface area (Å²) in [4.78, 5) is 0. The second-order valence-corrected chi connectivity index (χ2v) is 0.816. The Kier molecular flexibility index (Phi) is 81.6. The Bertz CT molecular complexity index is 48.3. The molecule has 68 valence electrons. The maximum absolute atomic E-state index is 8.83. The Balaban J connectivity index is -0.0000000315. The first-order chi connectivity index (χ1) is 4.27. The van der Waals surface area contributed by atoms with Gasteiger partial charge in [0.2, 0.25) is 0 Å². The van der Waals surface area contributed by atoms with E-state index in [1.54, 1.807) is 0 Å². The van der Waals surface area contributed by atoms with Gasteiger partial charge in [0, 0.05) is 7.11 Å². The number of rotatable bonds is 1. The summed E-state index contributed by atoms with van der Waals surface area (Å²) >= 11 is -2.88. The molecule has 0 radical (unpaired) electrons. The van der Waals surface area contributed by atoms with E-state index >= 15 is 0 Å². The molecule has 1 unspecified atom stereocenters. The molecule has 10 heavy (non-hydrogen) atoms. The fraction of sp³-hybridized carbons (Fsp3) is 1.00. The van der Waals surface area contributed by atoms with Crippen LogP contribution in [0.15, 0.2) is 0 Å². The molecule has 0 fully saturated rings. The van der Waals surface area contributed by atoms with Crippen LogP contribution in [0.5, 0.6) is 0 Å². The van der Waals surface area contributed by atoms with Gasteiger partial charge in [0.25, 0.3) is 0 Å². The van der Waals surface area contributed by atoms with Crippen LogP contribution in [0.2, 0.25) is 0 Å². The third kappa shape index (κ3) is 101. The van der Waals surface area contributed by atoms with E-state index in [1.807, 2.05) is 13.8 Å². The summed E-state index contributed by atoms with van der Waals surface area (Å²) in [6, 6.07) is 0. The summed E-state index contributed by atoms with van der Waals surface area (Å²) in [7, 11) is 1.00. The molecule has 1 atom stereocenters. The lowest BCUT2D eigenvalue weighted by Gasteiger charge is -2.05. The van der Waals surface area contributed by atoms with Gasteiger partial charge < -0.3 is 24.7 Å². The highest BCUT2D eigenvalue weighted by Gasteiger charge is 1.51. The number of hydrogen-bond donors (Lipinski definition) is 1. The van der Waals surface area contributed by atoms with Crippen LogP contribution in [0.4, 0.5) is 0 Å². The minimum atomic E-state index is -2.88. The Morgan fingerprint density at radius 3 is 1.50 bits per heavy atom. The molecule has 0 aliphatic carbocycles. The topological polar surface area (TPSA) is 124 Å². The Morgan fingerprint density at radius 1 is 1.40 bits per heavy atom. The summed E-state index contributed by atoms with van der Waals surface area (Å²) in [5.41, 5.74) is 0. The van der Waals surface area contributed by atoms with Gasteiger partial charge in [0.1, 0.15) is 0 Å². The molecule has 0 aromatic carbocycles. The molecular weight excluding hydrogens is 164 g/mol. The number of aliphatic hydroxyl groups is 1. The van der Waals surface area contributed by atoms with E-state index in [4.69, 9.17) is 19.1 Å². The van der Waals surface area contributed by atoms with E-state index in [0.717, 1.165) is 7.11 Å². The highest BCUT2D eigenvalue weighted by molar-refractivity contribution is 7.73. The van der Waals surface area contributed by atoms with Crippen LogP contribution in [-0.4, -0.2) is 26.5 Å². The van der Waals surface area contributed by atoms with Crippen molar-refractivity contribution < 1.29 is 28.9 Å². The molecule has 0 aromatic rings. The van der Waals surface area contributed by atoms with Gasteiger partial charge in [-0.05, 0) is 0 Å². The maximum atomic E-state index is 8.83. The highest BCUT2D eigenvalue weighted by Crippen LogP contribution is 1.57. The summed E-state index contributed by atoms with van der Waals surface area (Å²) in [5, 5.41) is 15.5. The molecule has 0 rings (SSSR count). The van der Waals surface area contributed by atoms with Gasteiger partial charge in [-0.3, -0.25) is 0 Å². The van der Waals surface area contributed by atoms with Gasteiger partial charge in [-0.25, -0.2) is 4.21 Å². The van der Waals surface area contributed by atoms with E-state index in [9.17, 15) is 0 Å². The minimum Gasteiger partial charge on any atom is -0.750 e. The molecule has 0 amide bonds. The largest absolute Gasteiger partial charge is 0.750 e. The first-order valence-electron chi connectivity index (χ1n) is 2.11. The van der Waals surface area contributed by atoms with Crippen molar-refractivity contribution in [2.24, 2.45) is 0 Å². The third-order valence-electron chi connectivity index (χ3n) is 0.0556. The van der Waals surface area contributed by atoms with E-state index in [2.05, 4.69) is 4.33 Å². The fourth-order valence-corrected chi connectivity index (χ4v) is 0. The first kappa shape index (κ1) is 22.5. The SMILES string of the molecule is CC.CO.O.O=S([O-])O[O-]. The Morgan fingerprint density at radius 2 is 1.50 bits per heavy atom. The monoisotopic (exact) mass is 176 g/mol. The highest BCUT2D eigenvalue weighted by atomic mass is 32.2. The fourth-order valence-electron chi connectivity index (χ4n) is 0. The van der Waals surface area contributed by atoms with Gasteiger partial charge >= 0.3 is 0 Å². The summed E-state index contributed by atoms with van der Waals surface area (Å²) < 4.78 is 20.1. The summed E-state index contributed by atoms with van der Waals surface area (Å²) in [5.74, 6) is 0. The predicted molar refractivity (Wildman–Crippen MR) is 33.1 cm³/mol. The third-order valence-corrected chi connectivity index (χ3v) is 0.167. The van der Waals surface area contributed by atoms with Crippen LogP contribution in [0.25, 0.3) is 0 Å². The molecule has 0 heterocycles. The second kappa shape index (κ2) is 36.3. The van der Waals surface area contributed by atoms with Crippen molar-refractivity contribution in [1.29, 1.82) is 0 Å². The average molecular weight is 176 g/mol. The van der Waals surface area contributed by atoms with Crippen molar-refractivity contribution in [2.75, 3.05) is 7.11 Å². The summed E-state index contributed by atoms with van der Waals surface area (Å²) in [6.07, 6.45) is 0. The Hall–Kier alpha value is -0.0500. The molecule has 0 aliphatic rings. The van der Waals surface area contributed by atoms with E-state index in [0.29, 0.717) is 0 Å². The lowest BCUT2D eigenvalue weighted by Crippen LogP contribution is -2.06. The predicted octanol–water partition coefficient (Wildman–Crippen LogP) is -2.12. The van der Waals surface area contributed by atoms with E-state index in [-0.39, 0.29) is 5.48 Å². The van der Waals surface area contributed by atoms with E-state index < -0.39 is 11.4 Å². The van der Waals surface area contributed by atoms with Crippen LogP contribution in [0.3, 0.4) is 0 Å². The number of hydrogen-bond acceptors (Lipinski definition) is 5. The van der Waals surface area contributed by atoms with Crippen LogP contribution in [0.1, 0.15) is 13.8 Å². The molecule has 6 nitrogen and oxygen atoms in total. The molecule has 0 spiro atoms. The van der Waals surface area contributed by atoms with Crippen molar-refractivity contribution >= 4 is 11.4 Å². The molecule has 7 heteroatoms. The zero-order valence-electron chi connectivity index (χ0n) is 5.99. The molecule has 0 saturated heterocycles. The number of aliphatic hydroxyl groups excluding tert-OH is 1. The lowest BCUT2D eigenvalue weighted by molar-refractivity contribution is -0.635. The van der Waals surface area contributed by atoms with Crippen molar-refractivity contribution in [2.45, 2.75) is 13.8 Å². The van der Waals surface area contributed by atoms with Gasteiger partial charge in [0.05, 0.1) is 11.4 Å². The Labute approximate surface area is 62.2 Å². The molecule has 0 bridgehead atoms. The van der Waals surface area contributed by atoms with Gasteiger partial charge in [-0.15, -0.1) is 0 Å². The normalized spacial score (nSPS) is 8.60. The first-order valence-corrected chi connectivity index (χ1v) is 3.11. The van der Waals surface area contributed by atoms with Crippen LogP contribution in [-0.2, 0) is 15.7 Å². The zero-order valence-corrected chi connectivity index (χ0v) is 6.80. The molecule has 3 N–H and O–H groups in total. The van der Waals surface area contributed by atoms with Gasteiger partial charge in [-0.1, -0.05) is 13.8 Å². The molecular formula is C3H12O6S-2. The lowest BCUT2D eigenvalue weighted by atomic mass is 11.0. The molecule has 0 aromatic heterocycles. The van der Waals surface area contributed by atoms with Crippen molar-refractivity contribution in [3.05, 3.63) is 0 Å². The standard InChI is InChI=1S/C2H6.CH4O.H2O4S.H2O/c2*1-2;1-4-5(2)3;/h1-2H3;2H,1H3;1H,(H,2,3);1H2/p-2. The maximum Gasteiger partial charge on any atom is 0.0748 e. The minimum absolute atomic E-state index is 0. The van der Waals surface area contributed by atoms with Crippen molar-refractivity contribution in [3.63, 3.8) is 0 Å². The van der Waals surface area contributed by atoms with Crippen LogP contribution in [0, 0.1) is 0 Å². The van der Waals surface area contributed by atoms with Crippen LogP contribution >= 0.6 is 0 Å². The molecule has 0 saturated carbocycles. The van der Waals surface area contributed by atoms with Crippen LogP contribution < -0.4 is 5.26 Å². The molecule has 0 aliphatic heterocycles. The van der Waals surface area contributed by atoms with Gasteiger partial charge in [0.15, 0.2) is 0 Å². The summed E-state index contributed by atoms with van der Waals surface area (Å²) in [6.45, 7) is 4.00. The quantitative estimate of drug-likeness (QED) is 0.278. The van der Waals surface area contributed by atoms with Gasteiger partial charge in [-0.2, -0.15) is 0 Å². The second-order valence-electron chi connectivity index (χ2n) is 0.272. The smallest absolute Gasteiger partial charge is 0.0748 e. The average Bonchev–Trinajstić information content (AvgIpc) is 1.97. The van der Waals surface area contributed by atoms with E-state index in [1.165, 1.54) is 0 Å². The zero-order chi connectivity index (χ0) is 8.28.